The van der Waals surface area contributed by atoms with Crippen LogP contribution in [0.3, 0.4) is 0 Å². The van der Waals surface area contributed by atoms with E-state index in [1.807, 2.05) is 24.3 Å². The van der Waals surface area contributed by atoms with Crippen LogP contribution in [0.2, 0.25) is 0 Å². The Bertz CT molecular complexity index is 889. The molecule has 3 rings (SSSR count). The molecule has 0 radical (unpaired) electrons. The van der Waals surface area contributed by atoms with Crippen molar-refractivity contribution in [2.75, 3.05) is 46.9 Å². The molecule has 0 spiro atoms. The Labute approximate surface area is 191 Å². The van der Waals surface area contributed by atoms with Crippen molar-refractivity contribution < 1.29 is 9.53 Å². The molecule has 0 aromatic heterocycles. The van der Waals surface area contributed by atoms with Crippen LogP contribution < -0.4 is 10.6 Å². The van der Waals surface area contributed by atoms with Gasteiger partial charge in [0.1, 0.15) is 0 Å². The monoisotopic (exact) mass is 437 g/mol. The molecule has 1 heterocycles. The van der Waals surface area contributed by atoms with Crippen molar-refractivity contribution >= 4 is 11.9 Å². The summed E-state index contributed by atoms with van der Waals surface area (Å²) in [4.78, 5) is 20.8. The van der Waals surface area contributed by atoms with E-state index in [1.165, 1.54) is 11.1 Å². The molecule has 0 saturated carbocycles. The van der Waals surface area contributed by atoms with Crippen molar-refractivity contribution in [3.05, 3.63) is 70.8 Å². The van der Waals surface area contributed by atoms with Crippen molar-refractivity contribution in [3.63, 3.8) is 0 Å². The number of ether oxygens (including phenoxy) is 1. The van der Waals surface area contributed by atoms with E-state index < -0.39 is 0 Å². The molecule has 1 amide bonds. The van der Waals surface area contributed by atoms with E-state index in [0.717, 1.165) is 50.9 Å². The number of carbonyl (C=O) groups excluding carboxylic acids is 1. The predicted octanol–water partition coefficient (Wildman–Crippen LogP) is 2.48. The molecular formula is C25H35N5O2. The summed E-state index contributed by atoms with van der Waals surface area (Å²) in [6.07, 6.45) is 0. The molecule has 172 valence electrons. The van der Waals surface area contributed by atoms with Gasteiger partial charge in [0.25, 0.3) is 5.91 Å². The molecule has 1 saturated heterocycles. The first-order chi connectivity index (χ1) is 15.6. The van der Waals surface area contributed by atoms with Gasteiger partial charge in [-0.05, 0) is 35.7 Å². The maximum Gasteiger partial charge on any atom is 0.253 e. The van der Waals surface area contributed by atoms with Crippen molar-refractivity contribution in [3.8, 4) is 0 Å². The van der Waals surface area contributed by atoms with Crippen LogP contribution in [0.25, 0.3) is 0 Å². The lowest BCUT2D eigenvalue weighted by molar-refractivity contribution is 0.0341. The minimum Gasteiger partial charge on any atom is -0.379 e. The van der Waals surface area contributed by atoms with Gasteiger partial charge in [0.15, 0.2) is 5.96 Å². The number of carbonyl (C=O) groups is 1. The Kier molecular flexibility index (Phi) is 9.07. The minimum absolute atomic E-state index is 0.00537. The van der Waals surface area contributed by atoms with Gasteiger partial charge in [0.05, 0.1) is 19.8 Å². The quantitative estimate of drug-likeness (QED) is 0.491. The summed E-state index contributed by atoms with van der Waals surface area (Å²) in [7, 11) is 3.52. The van der Waals surface area contributed by atoms with Crippen molar-refractivity contribution in [2.45, 2.75) is 26.6 Å². The molecule has 2 N–H and O–H groups in total. The number of guanidine groups is 1. The second-order valence-electron chi connectivity index (χ2n) is 8.10. The Morgan fingerprint density at radius 1 is 1.03 bits per heavy atom. The molecular weight excluding hydrogens is 402 g/mol. The van der Waals surface area contributed by atoms with Crippen LogP contribution in [0, 0.1) is 0 Å². The fraction of sp³-hybridized carbons (Fsp3) is 0.440. The molecule has 0 unspecified atom stereocenters. The van der Waals surface area contributed by atoms with Crippen LogP contribution in [0.1, 0.15) is 34.0 Å². The van der Waals surface area contributed by atoms with Crippen LogP contribution in [-0.4, -0.2) is 68.6 Å². The molecule has 32 heavy (non-hydrogen) atoms. The molecule has 0 atom stereocenters. The molecule has 7 nitrogen and oxygen atoms in total. The number of hydrogen-bond acceptors (Lipinski definition) is 4. The fourth-order valence-electron chi connectivity index (χ4n) is 3.59. The van der Waals surface area contributed by atoms with Crippen molar-refractivity contribution in [1.82, 2.24) is 20.4 Å². The van der Waals surface area contributed by atoms with Gasteiger partial charge >= 0.3 is 0 Å². The summed E-state index contributed by atoms with van der Waals surface area (Å²) >= 11 is 0. The lowest BCUT2D eigenvalue weighted by Gasteiger charge is -2.27. The second kappa shape index (κ2) is 12.2. The normalized spacial score (nSPS) is 14.8. The van der Waals surface area contributed by atoms with E-state index in [0.29, 0.717) is 18.7 Å². The predicted molar refractivity (Wildman–Crippen MR) is 129 cm³/mol. The maximum atomic E-state index is 12.0. The first kappa shape index (κ1) is 23.8. The number of nitrogens with one attached hydrogen (secondary N) is 2. The Morgan fingerprint density at radius 3 is 2.38 bits per heavy atom. The zero-order chi connectivity index (χ0) is 22.8. The average Bonchev–Trinajstić information content (AvgIpc) is 2.82. The minimum atomic E-state index is 0.00537. The van der Waals surface area contributed by atoms with Gasteiger partial charge in [0.2, 0.25) is 0 Å². The highest BCUT2D eigenvalue weighted by Crippen LogP contribution is 2.13. The second-order valence-corrected chi connectivity index (χ2v) is 8.10. The standard InChI is InChI=1S/C25H35N5O2/c1-4-26-25(27-17-20-9-11-21(12-10-20)24(31)29(2)3)28-18-22-7-5-6-8-23(22)19-30-13-15-32-16-14-30/h5-12H,4,13-19H2,1-3H3,(H2,26,27,28). The lowest BCUT2D eigenvalue weighted by Crippen LogP contribution is -2.38. The SMILES string of the molecule is CCNC(=NCc1ccc(C(=O)N(C)C)cc1)NCc1ccccc1CN1CCOCC1. The van der Waals surface area contributed by atoms with Crippen LogP contribution in [0.5, 0.6) is 0 Å². The van der Waals surface area contributed by atoms with E-state index in [9.17, 15) is 4.79 Å². The first-order valence-corrected chi connectivity index (χ1v) is 11.3. The summed E-state index contributed by atoms with van der Waals surface area (Å²) in [5.74, 6) is 0.785. The number of hydrogen-bond donors (Lipinski definition) is 2. The molecule has 1 aliphatic rings. The molecule has 1 fully saturated rings. The fourth-order valence-corrected chi connectivity index (χ4v) is 3.59. The number of morpholine rings is 1. The van der Waals surface area contributed by atoms with Gasteiger partial charge in [-0.3, -0.25) is 9.69 Å². The van der Waals surface area contributed by atoms with E-state index in [2.05, 4.69) is 46.7 Å². The number of benzene rings is 2. The summed E-state index contributed by atoms with van der Waals surface area (Å²) in [5, 5.41) is 6.78. The molecule has 7 heteroatoms. The zero-order valence-electron chi connectivity index (χ0n) is 19.4. The van der Waals surface area contributed by atoms with Gasteiger partial charge in [-0.1, -0.05) is 36.4 Å². The number of amides is 1. The van der Waals surface area contributed by atoms with Crippen LogP contribution >= 0.6 is 0 Å². The van der Waals surface area contributed by atoms with Gasteiger partial charge in [0, 0.05) is 52.4 Å². The third kappa shape index (κ3) is 7.07. The van der Waals surface area contributed by atoms with E-state index in [4.69, 9.17) is 9.73 Å². The van der Waals surface area contributed by atoms with Crippen LogP contribution in [0.4, 0.5) is 0 Å². The molecule has 1 aliphatic heterocycles. The van der Waals surface area contributed by atoms with E-state index in [1.54, 1.807) is 19.0 Å². The maximum absolute atomic E-state index is 12.0. The lowest BCUT2D eigenvalue weighted by atomic mass is 10.1. The van der Waals surface area contributed by atoms with Gasteiger partial charge in [-0.15, -0.1) is 0 Å². The van der Waals surface area contributed by atoms with Crippen LogP contribution in [0.15, 0.2) is 53.5 Å². The Balaban J connectivity index is 1.60. The molecule has 0 bridgehead atoms. The summed E-state index contributed by atoms with van der Waals surface area (Å²) in [6.45, 7) is 8.61. The van der Waals surface area contributed by atoms with E-state index in [-0.39, 0.29) is 5.91 Å². The van der Waals surface area contributed by atoms with Crippen molar-refractivity contribution in [2.24, 2.45) is 4.99 Å². The number of rotatable bonds is 8. The van der Waals surface area contributed by atoms with Crippen LogP contribution in [-0.2, 0) is 24.4 Å². The highest BCUT2D eigenvalue weighted by molar-refractivity contribution is 5.93. The highest BCUT2D eigenvalue weighted by atomic mass is 16.5. The average molecular weight is 438 g/mol. The Hall–Kier alpha value is -2.90. The third-order valence-electron chi connectivity index (χ3n) is 5.43. The summed E-state index contributed by atoms with van der Waals surface area (Å²) in [5.41, 5.74) is 4.35. The zero-order valence-corrected chi connectivity index (χ0v) is 19.4. The van der Waals surface area contributed by atoms with Crippen molar-refractivity contribution in [1.29, 1.82) is 0 Å². The largest absolute Gasteiger partial charge is 0.379 e. The third-order valence-corrected chi connectivity index (χ3v) is 5.43. The molecule has 2 aromatic carbocycles. The van der Waals surface area contributed by atoms with Gasteiger partial charge < -0.3 is 20.3 Å². The number of aliphatic imine (C=N–C) groups is 1. The molecule has 2 aromatic rings. The van der Waals surface area contributed by atoms with E-state index >= 15 is 0 Å². The van der Waals surface area contributed by atoms with Gasteiger partial charge in [-0.25, -0.2) is 4.99 Å². The summed E-state index contributed by atoms with van der Waals surface area (Å²) in [6, 6.07) is 16.2. The topological polar surface area (TPSA) is 69.2 Å². The number of nitrogens with zero attached hydrogens (tertiary/aromatic N) is 3. The molecule has 0 aliphatic carbocycles. The van der Waals surface area contributed by atoms with Gasteiger partial charge in [-0.2, -0.15) is 0 Å². The smallest absolute Gasteiger partial charge is 0.253 e. The summed E-state index contributed by atoms with van der Waals surface area (Å²) < 4.78 is 5.47. The Morgan fingerprint density at radius 2 is 1.72 bits per heavy atom. The highest BCUT2D eigenvalue weighted by Gasteiger charge is 2.13. The first-order valence-electron chi connectivity index (χ1n) is 11.3.